The molecule has 0 heterocycles. The summed E-state index contributed by atoms with van der Waals surface area (Å²) < 4.78 is 33.8. The lowest BCUT2D eigenvalue weighted by Gasteiger charge is -2.13. The zero-order valence-corrected chi connectivity index (χ0v) is 13.2. The average molecular weight is 356 g/mol. The Morgan fingerprint density at radius 3 is 2.62 bits per heavy atom. The Morgan fingerprint density at radius 2 is 1.90 bits per heavy atom. The predicted octanol–water partition coefficient (Wildman–Crippen LogP) is 4.42. The lowest BCUT2D eigenvalue weighted by atomic mass is 10.2. The van der Waals surface area contributed by atoms with Crippen molar-refractivity contribution in [3.8, 4) is 5.75 Å². The van der Waals surface area contributed by atoms with Crippen LogP contribution in [0.15, 0.2) is 40.9 Å². The van der Waals surface area contributed by atoms with Gasteiger partial charge in [0.2, 0.25) is 0 Å². The third-order valence-electron chi connectivity index (χ3n) is 3.00. The number of para-hydroxylation sites is 1. The molecule has 0 bridgehead atoms. The molecule has 112 valence electrons. The smallest absolute Gasteiger partial charge is 0.165 e. The topological polar surface area (TPSA) is 21.3 Å². The minimum absolute atomic E-state index is 0.0147. The van der Waals surface area contributed by atoms with Crippen molar-refractivity contribution in [2.75, 3.05) is 6.54 Å². The summed E-state index contributed by atoms with van der Waals surface area (Å²) in [6, 6.07) is 9.46. The van der Waals surface area contributed by atoms with Crippen LogP contribution in [0, 0.1) is 11.6 Å². The fraction of sp³-hybridized carbons (Fsp3) is 0.250. The molecule has 0 spiro atoms. The highest BCUT2D eigenvalue weighted by Crippen LogP contribution is 2.24. The quantitative estimate of drug-likeness (QED) is 0.828. The predicted molar refractivity (Wildman–Crippen MR) is 82.2 cm³/mol. The molecular formula is C16H16BrF2NO. The van der Waals surface area contributed by atoms with Crippen molar-refractivity contribution < 1.29 is 13.5 Å². The van der Waals surface area contributed by atoms with E-state index in [1.165, 1.54) is 12.1 Å². The van der Waals surface area contributed by atoms with Crippen molar-refractivity contribution in [1.82, 2.24) is 5.32 Å². The van der Waals surface area contributed by atoms with E-state index in [1.807, 2.05) is 6.92 Å². The Hall–Kier alpha value is -1.46. The summed E-state index contributed by atoms with van der Waals surface area (Å²) >= 11 is 3.19. The Balaban J connectivity index is 2.15. The molecule has 0 saturated carbocycles. The molecule has 1 N–H and O–H groups in total. The standard InChI is InChI=1S/C16H16BrF2NO/c1-2-20-9-11-4-3-5-14(18)16(11)21-10-12-6-7-13(17)8-15(12)19/h3-8,20H,2,9-10H2,1H3. The largest absolute Gasteiger partial charge is 0.485 e. The van der Waals surface area contributed by atoms with Crippen molar-refractivity contribution in [3.63, 3.8) is 0 Å². The van der Waals surface area contributed by atoms with Gasteiger partial charge in [0.1, 0.15) is 12.4 Å². The molecule has 0 aromatic heterocycles. The summed E-state index contributed by atoms with van der Waals surface area (Å²) in [6.45, 7) is 3.24. The fourth-order valence-electron chi connectivity index (χ4n) is 1.90. The summed E-state index contributed by atoms with van der Waals surface area (Å²) in [5.74, 6) is -0.655. The van der Waals surface area contributed by atoms with Crippen LogP contribution in [0.2, 0.25) is 0 Å². The van der Waals surface area contributed by atoms with E-state index in [0.717, 1.165) is 12.1 Å². The van der Waals surface area contributed by atoms with Crippen LogP contribution in [0.4, 0.5) is 8.78 Å². The van der Waals surface area contributed by atoms with Crippen molar-refractivity contribution >= 4 is 15.9 Å². The van der Waals surface area contributed by atoms with E-state index in [0.29, 0.717) is 16.6 Å². The lowest BCUT2D eigenvalue weighted by Crippen LogP contribution is -2.13. The highest BCUT2D eigenvalue weighted by Gasteiger charge is 2.11. The van der Waals surface area contributed by atoms with Crippen LogP contribution in [-0.4, -0.2) is 6.54 Å². The maximum Gasteiger partial charge on any atom is 0.165 e. The molecule has 0 unspecified atom stereocenters. The van der Waals surface area contributed by atoms with Gasteiger partial charge in [-0.1, -0.05) is 41.1 Å². The van der Waals surface area contributed by atoms with E-state index in [1.54, 1.807) is 24.3 Å². The number of hydrogen-bond donors (Lipinski definition) is 1. The summed E-state index contributed by atoms with van der Waals surface area (Å²) in [7, 11) is 0. The van der Waals surface area contributed by atoms with Gasteiger partial charge >= 0.3 is 0 Å². The first-order chi connectivity index (χ1) is 10.1. The normalized spacial score (nSPS) is 10.7. The van der Waals surface area contributed by atoms with Crippen molar-refractivity contribution in [3.05, 3.63) is 63.6 Å². The summed E-state index contributed by atoms with van der Waals surface area (Å²) in [5, 5.41) is 3.12. The maximum absolute atomic E-state index is 13.9. The molecule has 2 rings (SSSR count). The van der Waals surface area contributed by atoms with Gasteiger partial charge in [-0.15, -0.1) is 0 Å². The number of rotatable bonds is 6. The van der Waals surface area contributed by atoms with Crippen LogP contribution in [0.5, 0.6) is 5.75 Å². The van der Waals surface area contributed by atoms with E-state index >= 15 is 0 Å². The molecule has 0 aliphatic heterocycles. The second-order valence-corrected chi connectivity index (χ2v) is 5.45. The molecule has 0 fully saturated rings. The van der Waals surface area contributed by atoms with Crippen LogP contribution in [0.3, 0.4) is 0 Å². The highest BCUT2D eigenvalue weighted by molar-refractivity contribution is 9.10. The maximum atomic E-state index is 13.9. The Kier molecular flexibility index (Phi) is 5.70. The van der Waals surface area contributed by atoms with Gasteiger partial charge < -0.3 is 10.1 Å². The SMILES string of the molecule is CCNCc1cccc(F)c1OCc1ccc(Br)cc1F. The van der Waals surface area contributed by atoms with Gasteiger partial charge in [0.25, 0.3) is 0 Å². The van der Waals surface area contributed by atoms with Crippen LogP contribution < -0.4 is 10.1 Å². The molecule has 0 aliphatic rings. The number of nitrogens with one attached hydrogen (secondary N) is 1. The molecule has 0 aliphatic carbocycles. The summed E-state index contributed by atoms with van der Waals surface area (Å²) in [5.41, 5.74) is 1.10. The first kappa shape index (κ1) is 15.9. The Bertz CT molecular complexity index is 619. The van der Waals surface area contributed by atoms with E-state index in [4.69, 9.17) is 4.74 Å². The van der Waals surface area contributed by atoms with Crippen molar-refractivity contribution in [2.24, 2.45) is 0 Å². The molecule has 2 aromatic rings. The summed E-state index contributed by atoms with van der Waals surface area (Å²) in [4.78, 5) is 0. The molecule has 2 nitrogen and oxygen atoms in total. The number of ether oxygens (including phenoxy) is 1. The number of benzene rings is 2. The highest BCUT2D eigenvalue weighted by atomic mass is 79.9. The Morgan fingerprint density at radius 1 is 1.10 bits per heavy atom. The van der Waals surface area contributed by atoms with E-state index in [-0.39, 0.29) is 18.2 Å². The molecular weight excluding hydrogens is 340 g/mol. The number of hydrogen-bond acceptors (Lipinski definition) is 2. The van der Waals surface area contributed by atoms with Crippen LogP contribution in [0.25, 0.3) is 0 Å². The van der Waals surface area contributed by atoms with Gasteiger partial charge in [-0.3, -0.25) is 0 Å². The second-order valence-electron chi connectivity index (χ2n) is 4.53. The van der Waals surface area contributed by atoms with E-state index in [9.17, 15) is 8.78 Å². The van der Waals surface area contributed by atoms with E-state index in [2.05, 4.69) is 21.2 Å². The van der Waals surface area contributed by atoms with Crippen molar-refractivity contribution in [2.45, 2.75) is 20.1 Å². The fourth-order valence-corrected chi connectivity index (χ4v) is 2.24. The van der Waals surface area contributed by atoms with Gasteiger partial charge in [-0.25, -0.2) is 8.78 Å². The first-order valence-electron chi connectivity index (χ1n) is 6.66. The van der Waals surface area contributed by atoms with Crippen LogP contribution in [-0.2, 0) is 13.2 Å². The molecule has 0 amide bonds. The third-order valence-corrected chi connectivity index (χ3v) is 3.49. The Labute approximate surface area is 131 Å². The minimum atomic E-state index is -0.442. The molecule has 0 atom stereocenters. The number of halogens is 3. The molecule has 0 saturated heterocycles. The average Bonchev–Trinajstić information content (AvgIpc) is 2.45. The lowest BCUT2D eigenvalue weighted by molar-refractivity contribution is 0.281. The van der Waals surface area contributed by atoms with Gasteiger partial charge in [0, 0.05) is 22.1 Å². The first-order valence-corrected chi connectivity index (χ1v) is 7.46. The summed E-state index contributed by atoms with van der Waals surface area (Å²) in [6.07, 6.45) is 0. The monoisotopic (exact) mass is 355 g/mol. The van der Waals surface area contributed by atoms with E-state index < -0.39 is 5.82 Å². The molecule has 5 heteroatoms. The van der Waals surface area contributed by atoms with Gasteiger partial charge in [-0.05, 0) is 24.7 Å². The zero-order chi connectivity index (χ0) is 15.2. The molecule has 0 radical (unpaired) electrons. The third kappa shape index (κ3) is 4.25. The van der Waals surface area contributed by atoms with Crippen LogP contribution in [0.1, 0.15) is 18.1 Å². The minimum Gasteiger partial charge on any atom is -0.485 e. The zero-order valence-electron chi connectivity index (χ0n) is 11.6. The van der Waals surface area contributed by atoms with Gasteiger partial charge in [-0.2, -0.15) is 0 Å². The van der Waals surface area contributed by atoms with Crippen molar-refractivity contribution in [1.29, 1.82) is 0 Å². The van der Waals surface area contributed by atoms with Gasteiger partial charge in [0.15, 0.2) is 11.6 Å². The second kappa shape index (κ2) is 7.52. The molecule has 2 aromatic carbocycles. The van der Waals surface area contributed by atoms with Crippen LogP contribution >= 0.6 is 15.9 Å². The molecule has 21 heavy (non-hydrogen) atoms. The van der Waals surface area contributed by atoms with Gasteiger partial charge in [0.05, 0.1) is 0 Å².